The number of ether oxygens (including phenoxy) is 1. The summed E-state index contributed by atoms with van der Waals surface area (Å²) in [5.74, 6) is 2.12. The van der Waals surface area contributed by atoms with Gasteiger partial charge in [-0.05, 0) is 25.3 Å². The van der Waals surface area contributed by atoms with Gasteiger partial charge in [-0.3, -0.25) is 0 Å². The number of hydrogen-bond donors (Lipinski definition) is 1. The van der Waals surface area contributed by atoms with Crippen LogP contribution in [-0.2, 0) is 0 Å². The summed E-state index contributed by atoms with van der Waals surface area (Å²) in [5, 5.41) is 0. The van der Waals surface area contributed by atoms with E-state index in [1.54, 1.807) is 13.4 Å². The van der Waals surface area contributed by atoms with Crippen LogP contribution >= 0.6 is 0 Å². The van der Waals surface area contributed by atoms with Crippen LogP contribution in [0.15, 0.2) is 12.4 Å². The summed E-state index contributed by atoms with van der Waals surface area (Å²) in [7, 11) is 1.62. The number of aromatic nitrogens is 2. The lowest BCUT2D eigenvalue weighted by molar-refractivity contribution is 0.394. The highest BCUT2D eigenvalue weighted by Gasteiger charge is 2.20. The summed E-state index contributed by atoms with van der Waals surface area (Å²) in [5.41, 5.74) is 5.72. The molecule has 2 heterocycles. The summed E-state index contributed by atoms with van der Waals surface area (Å²) in [6.45, 7) is 2.77. The topological polar surface area (TPSA) is 64.3 Å². The summed E-state index contributed by atoms with van der Waals surface area (Å²) in [4.78, 5) is 10.5. The van der Waals surface area contributed by atoms with Crippen molar-refractivity contribution < 1.29 is 4.74 Å². The van der Waals surface area contributed by atoms with Crippen LogP contribution in [0.3, 0.4) is 0 Å². The molecule has 2 N–H and O–H groups in total. The predicted molar refractivity (Wildman–Crippen MR) is 62.6 cm³/mol. The van der Waals surface area contributed by atoms with Gasteiger partial charge in [-0.25, -0.2) is 9.97 Å². The fourth-order valence-electron chi connectivity index (χ4n) is 2.08. The minimum absolute atomic E-state index is 0.578. The minimum Gasteiger partial charge on any atom is -0.481 e. The van der Waals surface area contributed by atoms with E-state index in [1.165, 1.54) is 12.8 Å². The van der Waals surface area contributed by atoms with Crippen LogP contribution in [0.5, 0.6) is 5.88 Å². The van der Waals surface area contributed by atoms with E-state index in [2.05, 4.69) is 14.9 Å². The normalized spacial score (nSPS) is 20.9. The van der Waals surface area contributed by atoms with Gasteiger partial charge in [0, 0.05) is 19.2 Å². The number of rotatable bonds is 3. The Morgan fingerprint density at radius 2 is 2.44 bits per heavy atom. The Morgan fingerprint density at radius 1 is 1.56 bits per heavy atom. The smallest absolute Gasteiger partial charge is 0.218 e. The molecular formula is C11H18N4O. The monoisotopic (exact) mass is 222 g/mol. The fourth-order valence-corrected chi connectivity index (χ4v) is 2.08. The Bertz CT molecular complexity index is 345. The van der Waals surface area contributed by atoms with Gasteiger partial charge in [0.1, 0.15) is 12.1 Å². The number of anilines is 1. The van der Waals surface area contributed by atoms with Gasteiger partial charge in [0.2, 0.25) is 5.88 Å². The zero-order valence-electron chi connectivity index (χ0n) is 9.59. The van der Waals surface area contributed by atoms with Gasteiger partial charge in [0.25, 0.3) is 0 Å². The first kappa shape index (κ1) is 11.1. The number of nitrogens with two attached hydrogens (primary N) is 1. The zero-order valence-corrected chi connectivity index (χ0v) is 9.59. The van der Waals surface area contributed by atoms with Gasteiger partial charge in [-0.1, -0.05) is 0 Å². The molecule has 5 heteroatoms. The molecular weight excluding hydrogens is 204 g/mol. The molecule has 0 saturated carbocycles. The Balaban J connectivity index is 2.10. The lowest BCUT2D eigenvalue weighted by Crippen LogP contribution is -2.38. The molecule has 1 fully saturated rings. The van der Waals surface area contributed by atoms with E-state index >= 15 is 0 Å². The van der Waals surface area contributed by atoms with Crippen LogP contribution in [0.4, 0.5) is 5.82 Å². The molecule has 1 saturated heterocycles. The standard InChI is InChI=1S/C11H18N4O/c1-16-11-5-10(13-8-14-11)15-4-2-3-9(6-12)7-15/h5,8-9H,2-4,6-7,12H2,1H3. The van der Waals surface area contributed by atoms with Crippen molar-refractivity contribution in [3.05, 3.63) is 12.4 Å². The maximum absolute atomic E-state index is 5.72. The predicted octanol–water partition coefficient (Wildman–Crippen LogP) is 0.660. The molecule has 0 amide bonds. The molecule has 0 aromatic carbocycles. The fraction of sp³-hybridized carbons (Fsp3) is 0.636. The second kappa shape index (κ2) is 5.12. The van der Waals surface area contributed by atoms with Crippen molar-refractivity contribution in [2.24, 2.45) is 11.7 Å². The van der Waals surface area contributed by atoms with E-state index in [-0.39, 0.29) is 0 Å². The van der Waals surface area contributed by atoms with Crippen molar-refractivity contribution in [3.63, 3.8) is 0 Å². The molecule has 0 bridgehead atoms. The highest BCUT2D eigenvalue weighted by atomic mass is 16.5. The average molecular weight is 222 g/mol. The van der Waals surface area contributed by atoms with Crippen molar-refractivity contribution in [3.8, 4) is 5.88 Å². The van der Waals surface area contributed by atoms with Crippen molar-refractivity contribution in [1.29, 1.82) is 0 Å². The van der Waals surface area contributed by atoms with Crippen LogP contribution in [-0.4, -0.2) is 36.7 Å². The van der Waals surface area contributed by atoms with E-state index in [4.69, 9.17) is 10.5 Å². The van der Waals surface area contributed by atoms with Crippen molar-refractivity contribution in [1.82, 2.24) is 9.97 Å². The van der Waals surface area contributed by atoms with E-state index in [1.807, 2.05) is 6.07 Å². The van der Waals surface area contributed by atoms with Crippen LogP contribution in [0.1, 0.15) is 12.8 Å². The van der Waals surface area contributed by atoms with Crippen LogP contribution in [0.2, 0.25) is 0 Å². The summed E-state index contributed by atoms with van der Waals surface area (Å²) >= 11 is 0. The molecule has 0 aliphatic carbocycles. The van der Waals surface area contributed by atoms with Gasteiger partial charge in [0.05, 0.1) is 7.11 Å². The molecule has 5 nitrogen and oxygen atoms in total. The largest absolute Gasteiger partial charge is 0.481 e. The molecule has 0 radical (unpaired) electrons. The Kier molecular flexibility index (Phi) is 3.56. The van der Waals surface area contributed by atoms with Gasteiger partial charge in [-0.15, -0.1) is 0 Å². The third-order valence-corrected chi connectivity index (χ3v) is 3.01. The van der Waals surface area contributed by atoms with Gasteiger partial charge >= 0.3 is 0 Å². The third kappa shape index (κ3) is 2.41. The van der Waals surface area contributed by atoms with E-state index < -0.39 is 0 Å². The van der Waals surface area contributed by atoms with Gasteiger partial charge in [-0.2, -0.15) is 0 Å². The molecule has 1 unspecified atom stereocenters. The van der Waals surface area contributed by atoms with Crippen molar-refractivity contribution >= 4 is 5.82 Å². The highest BCUT2D eigenvalue weighted by molar-refractivity contribution is 5.41. The maximum Gasteiger partial charge on any atom is 0.218 e. The highest BCUT2D eigenvalue weighted by Crippen LogP contribution is 2.22. The maximum atomic E-state index is 5.72. The second-order valence-corrected chi connectivity index (χ2v) is 4.11. The Labute approximate surface area is 95.6 Å². The molecule has 1 aromatic rings. The second-order valence-electron chi connectivity index (χ2n) is 4.11. The van der Waals surface area contributed by atoms with Gasteiger partial charge in [0.15, 0.2) is 0 Å². The first-order valence-electron chi connectivity index (χ1n) is 5.64. The SMILES string of the molecule is COc1cc(N2CCCC(CN)C2)ncn1. The first-order valence-corrected chi connectivity index (χ1v) is 5.64. The van der Waals surface area contributed by atoms with Crippen LogP contribution in [0.25, 0.3) is 0 Å². The Morgan fingerprint density at radius 3 is 3.19 bits per heavy atom. The van der Waals surface area contributed by atoms with Crippen LogP contribution in [0, 0.1) is 5.92 Å². The zero-order chi connectivity index (χ0) is 11.4. The van der Waals surface area contributed by atoms with Gasteiger partial charge < -0.3 is 15.4 Å². The molecule has 16 heavy (non-hydrogen) atoms. The first-order chi connectivity index (χ1) is 7.83. The van der Waals surface area contributed by atoms with Crippen LogP contribution < -0.4 is 15.4 Å². The van der Waals surface area contributed by atoms with E-state index in [0.717, 1.165) is 25.5 Å². The minimum atomic E-state index is 0.578. The summed E-state index contributed by atoms with van der Waals surface area (Å²) in [6.07, 6.45) is 3.93. The lowest BCUT2D eigenvalue weighted by atomic mass is 9.98. The lowest BCUT2D eigenvalue weighted by Gasteiger charge is -2.32. The molecule has 1 atom stereocenters. The van der Waals surface area contributed by atoms with Crippen molar-refractivity contribution in [2.45, 2.75) is 12.8 Å². The number of methoxy groups -OCH3 is 1. The Hall–Kier alpha value is -1.36. The molecule has 1 aromatic heterocycles. The van der Waals surface area contributed by atoms with Crippen molar-refractivity contribution in [2.75, 3.05) is 31.6 Å². The molecule has 88 valence electrons. The quantitative estimate of drug-likeness (QED) is 0.814. The average Bonchev–Trinajstić information content (AvgIpc) is 2.39. The third-order valence-electron chi connectivity index (χ3n) is 3.01. The molecule has 1 aliphatic rings. The molecule has 2 rings (SSSR count). The number of hydrogen-bond acceptors (Lipinski definition) is 5. The summed E-state index contributed by atoms with van der Waals surface area (Å²) < 4.78 is 5.10. The van der Waals surface area contributed by atoms with E-state index in [9.17, 15) is 0 Å². The number of nitrogens with zero attached hydrogens (tertiary/aromatic N) is 3. The van der Waals surface area contributed by atoms with E-state index in [0.29, 0.717) is 11.8 Å². The molecule has 0 spiro atoms. The molecule has 1 aliphatic heterocycles. The number of piperidine rings is 1. The summed E-state index contributed by atoms with van der Waals surface area (Å²) in [6, 6.07) is 1.87.